The van der Waals surface area contributed by atoms with Crippen molar-refractivity contribution < 1.29 is 9.59 Å². The zero-order chi connectivity index (χ0) is 20.1. The highest BCUT2D eigenvalue weighted by atomic mass is 16.2. The zero-order valence-electron chi connectivity index (χ0n) is 17.2. The number of carbonyl (C=O) groups excluding carboxylic acids is 2. The van der Waals surface area contributed by atoms with E-state index in [-0.39, 0.29) is 17.7 Å². The van der Waals surface area contributed by atoms with Crippen LogP contribution in [0.2, 0.25) is 0 Å². The van der Waals surface area contributed by atoms with E-state index >= 15 is 0 Å². The summed E-state index contributed by atoms with van der Waals surface area (Å²) >= 11 is 0. The van der Waals surface area contributed by atoms with E-state index in [0.717, 1.165) is 19.3 Å². The van der Waals surface area contributed by atoms with Gasteiger partial charge in [-0.15, -0.1) is 0 Å². The predicted molar refractivity (Wildman–Crippen MR) is 117 cm³/mol. The summed E-state index contributed by atoms with van der Waals surface area (Å²) in [5.41, 5.74) is 1.24. The van der Waals surface area contributed by atoms with Crippen molar-refractivity contribution in [2.75, 3.05) is 13.1 Å². The monoisotopic (exact) mass is 392 g/mol. The Bertz CT molecular complexity index is 855. The largest absolute Gasteiger partial charge is 0.355 e. The fourth-order valence-corrected chi connectivity index (χ4v) is 4.88. The van der Waals surface area contributed by atoms with Gasteiger partial charge < -0.3 is 10.2 Å². The molecule has 1 aliphatic heterocycles. The van der Waals surface area contributed by atoms with Crippen molar-refractivity contribution in [2.45, 2.75) is 63.8 Å². The van der Waals surface area contributed by atoms with Crippen LogP contribution in [0, 0.1) is 5.92 Å². The zero-order valence-corrected chi connectivity index (χ0v) is 17.2. The van der Waals surface area contributed by atoms with Crippen molar-refractivity contribution >= 4 is 22.6 Å². The molecule has 1 saturated carbocycles. The Hall–Kier alpha value is -2.36. The molecule has 4 rings (SSSR count). The van der Waals surface area contributed by atoms with Gasteiger partial charge in [0.2, 0.25) is 11.8 Å². The van der Waals surface area contributed by atoms with Gasteiger partial charge >= 0.3 is 0 Å². The molecule has 1 atom stereocenters. The van der Waals surface area contributed by atoms with Crippen molar-refractivity contribution in [3.8, 4) is 0 Å². The molecule has 1 saturated heterocycles. The van der Waals surface area contributed by atoms with E-state index in [4.69, 9.17) is 0 Å². The smallest absolute Gasteiger partial charge is 0.224 e. The number of hydrogen-bond acceptors (Lipinski definition) is 2. The first-order valence-electron chi connectivity index (χ1n) is 11.3. The molecule has 1 heterocycles. The van der Waals surface area contributed by atoms with Crippen molar-refractivity contribution in [3.05, 3.63) is 48.0 Å². The molecule has 0 radical (unpaired) electrons. The van der Waals surface area contributed by atoms with Gasteiger partial charge in [0.25, 0.3) is 0 Å². The molecule has 0 spiro atoms. The minimum Gasteiger partial charge on any atom is -0.355 e. The van der Waals surface area contributed by atoms with Crippen LogP contribution in [0.3, 0.4) is 0 Å². The van der Waals surface area contributed by atoms with Gasteiger partial charge in [-0.1, -0.05) is 68.1 Å². The van der Waals surface area contributed by atoms with Gasteiger partial charge in [-0.2, -0.15) is 0 Å². The first-order valence-corrected chi connectivity index (χ1v) is 11.3. The van der Waals surface area contributed by atoms with Crippen LogP contribution < -0.4 is 5.32 Å². The standard InChI is InChI=1S/C25H32N2O2/c28-24-14-13-22(18-27(24)23-9-3-1-2-4-10-23)25(29)26-16-15-19-11-12-20-7-5-6-8-21(20)17-19/h5-8,11-12,17,22-23H,1-4,9-10,13-16,18H2,(H,26,29)/t22-/m0/s1. The molecule has 2 amide bonds. The number of nitrogens with zero attached hydrogens (tertiary/aromatic N) is 1. The number of hydrogen-bond donors (Lipinski definition) is 1. The molecule has 29 heavy (non-hydrogen) atoms. The fraction of sp³-hybridized carbons (Fsp3) is 0.520. The highest BCUT2D eigenvalue weighted by Gasteiger charge is 2.34. The highest BCUT2D eigenvalue weighted by molar-refractivity contribution is 5.84. The molecule has 2 aromatic rings. The number of likely N-dealkylation sites (tertiary alicyclic amines) is 1. The van der Waals surface area contributed by atoms with E-state index in [1.54, 1.807) is 0 Å². The van der Waals surface area contributed by atoms with E-state index in [2.05, 4.69) is 47.8 Å². The van der Waals surface area contributed by atoms with Crippen molar-refractivity contribution in [3.63, 3.8) is 0 Å². The third-order valence-corrected chi connectivity index (χ3v) is 6.61. The summed E-state index contributed by atoms with van der Waals surface area (Å²) in [6.45, 7) is 1.25. The van der Waals surface area contributed by atoms with Gasteiger partial charge in [0.15, 0.2) is 0 Å². The average Bonchev–Trinajstić information content (AvgIpc) is 3.03. The molecule has 2 aromatic carbocycles. The summed E-state index contributed by atoms with van der Waals surface area (Å²) in [6, 6.07) is 15.2. The summed E-state index contributed by atoms with van der Waals surface area (Å²) in [5.74, 6) is 0.293. The first-order chi connectivity index (χ1) is 14.2. The lowest BCUT2D eigenvalue weighted by Crippen LogP contribution is -2.50. The molecule has 4 nitrogen and oxygen atoms in total. The summed E-state index contributed by atoms with van der Waals surface area (Å²) in [4.78, 5) is 27.3. The van der Waals surface area contributed by atoms with Gasteiger partial charge in [0, 0.05) is 25.6 Å². The third kappa shape index (κ3) is 4.98. The summed E-state index contributed by atoms with van der Waals surface area (Å²) < 4.78 is 0. The molecule has 154 valence electrons. The number of piperidine rings is 1. The Morgan fingerprint density at radius 1 is 0.966 bits per heavy atom. The van der Waals surface area contributed by atoms with E-state index in [1.165, 1.54) is 42.0 Å². The van der Waals surface area contributed by atoms with Crippen molar-refractivity contribution in [1.29, 1.82) is 0 Å². The Morgan fingerprint density at radius 3 is 2.52 bits per heavy atom. The maximum Gasteiger partial charge on any atom is 0.224 e. The fourth-order valence-electron chi connectivity index (χ4n) is 4.88. The minimum atomic E-state index is -0.0624. The second-order valence-corrected chi connectivity index (χ2v) is 8.65. The van der Waals surface area contributed by atoms with Crippen LogP contribution in [0.25, 0.3) is 10.8 Å². The van der Waals surface area contributed by atoms with Crippen LogP contribution in [0.4, 0.5) is 0 Å². The molecule has 4 heteroatoms. The highest BCUT2D eigenvalue weighted by Crippen LogP contribution is 2.27. The van der Waals surface area contributed by atoms with Crippen LogP contribution in [0.15, 0.2) is 42.5 Å². The Labute approximate surface area is 173 Å². The van der Waals surface area contributed by atoms with Crippen LogP contribution in [0.1, 0.15) is 56.9 Å². The molecule has 0 bridgehead atoms. The molecule has 1 N–H and O–H groups in total. The summed E-state index contributed by atoms with van der Waals surface area (Å²) in [6.07, 6.45) is 9.18. The SMILES string of the molecule is O=C(NCCc1ccc2ccccc2c1)[C@H]1CCC(=O)N(C2CCCCCC2)C1. The minimum absolute atomic E-state index is 0.0624. The normalized spacial score (nSPS) is 21.2. The number of benzene rings is 2. The van der Waals surface area contributed by atoms with E-state index < -0.39 is 0 Å². The lowest BCUT2D eigenvalue weighted by atomic mass is 9.93. The van der Waals surface area contributed by atoms with Crippen LogP contribution in [0.5, 0.6) is 0 Å². The van der Waals surface area contributed by atoms with Crippen LogP contribution in [-0.4, -0.2) is 35.8 Å². The summed E-state index contributed by atoms with van der Waals surface area (Å²) in [5, 5.41) is 5.60. The Morgan fingerprint density at radius 2 is 1.72 bits per heavy atom. The number of carbonyl (C=O) groups is 2. The second-order valence-electron chi connectivity index (χ2n) is 8.65. The summed E-state index contributed by atoms with van der Waals surface area (Å²) in [7, 11) is 0. The number of nitrogens with one attached hydrogen (secondary N) is 1. The van der Waals surface area contributed by atoms with Crippen LogP contribution >= 0.6 is 0 Å². The van der Waals surface area contributed by atoms with Crippen LogP contribution in [-0.2, 0) is 16.0 Å². The average molecular weight is 393 g/mol. The Balaban J connectivity index is 1.29. The van der Waals surface area contributed by atoms with Gasteiger partial charge in [-0.3, -0.25) is 9.59 Å². The van der Waals surface area contributed by atoms with E-state index in [1.807, 2.05) is 4.90 Å². The molecule has 2 fully saturated rings. The topological polar surface area (TPSA) is 49.4 Å². The van der Waals surface area contributed by atoms with E-state index in [9.17, 15) is 9.59 Å². The first kappa shape index (κ1) is 19.9. The molecular formula is C25H32N2O2. The van der Waals surface area contributed by atoms with Gasteiger partial charge in [-0.25, -0.2) is 0 Å². The van der Waals surface area contributed by atoms with Gasteiger partial charge in [-0.05, 0) is 42.0 Å². The molecular weight excluding hydrogens is 360 g/mol. The second kappa shape index (κ2) is 9.43. The lowest BCUT2D eigenvalue weighted by Gasteiger charge is -2.37. The van der Waals surface area contributed by atoms with Crippen molar-refractivity contribution in [1.82, 2.24) is 10.2 Å². The number of rotatable bonds is 5. The molecule has 0 unspecified atom stereocenters. The Kier molecular flexibility index (Phi) is 6.48. The van der Waals surface area contributed by atoms with E-state index in [0.29, 0.717) is 32.0 Å². The van der Waals surface area contributed by atoms with Gasteiger partial charge in [0.05, 0.1) is 5.92 Å². The number of fused-ring (bicyclic) bond motifs is 1. The maximum absolute atomic E-state index is 12.8. The molecule has 1 aliphatic carbocycles. The van der Waals surface area contributed by atoms with Gasteiger partial charge in [0.1, 0.15) is 0 Å². The third-order valence-electron chi connectivity index (χ3n) is 6.61. The predicted octanol–water partition coefficient (Wildman–Crippen LogP) is 4.46. The quantitative estimate of drug-likeness (QED) is 0.764. The number of amides is 2. The molecule has 0 aromatic heterocycles. The molecule has 2 aliphatic rings. The maximum atomic E-state index is 12.8. The lowest BCUT2D eigenvalue weighted by molar-refractivity contribution is -0.141. The van der Waals surface area contributed by atoms with Crippen molar-refractivity contribution in [2.24, 2.45) is 5.92 Å².